The van der Waals surface area contributed by atoms with Crippen LogP contribution in [0.25, 0.3) is 0 Å². The van der Waals surface area contributed by atoms with Crippen molar-refractivity contribution in [3.05, 3.63) is 28.6 Å². The average molecular weight is 237 g/mol. The number of carbonyl (C=O) groups is 1. The van der Waals surface area contributed by atoms with Crippen molar-refractivity contribution < 1.29 is 27.0 Å². The maximum Gasteiger partial charge on any atom is 0.673 e. The number of aryl methyl sites for hydroxylation is 3. The van der Waals surface area contributed by atoms with Crippen molar-refractivity contribution in [2.75, 3.05) is 0 Å². The van der Waals surface area contributed by atoms with Crippen LogP contribution in [0.2, 0.25) is 0 Å². The van der Waals surface area contributed by atoms with Crippen LogP contribution >= 0.6 is 0 Å². The van der Waals surface area contributed by atoms with E-state index < -0.39 is 7.25 Å². The Morgan fingerprint density at radius 1 is 1.19 bits per heavy atom. The van der Waals surface area contributed by atoms with Crippen molar-refractivity contribution >= 4 is 13.5 Å². The molecule has 0 saturated heterocycles. The summed E-state index contributed by atoms with van der Waals surface area (Å²) in [6.45, 7) is 5.83. The normalized spacial score (nSPS) is 10.4. The van der Waals surface area contributed by atoms with Crippen LogP contribution in [0.1, 0.15) is 27.3 Å². The fourth-order valence-corrected chi connectivity index (χ4v) is 1.28. The zero-order valence-corrected chi connectivity index (χ0v) is 9.15. The molecule has 1 aromatic heterocycles. The van der Waals surface area contributed by atoms with Crippen molar-refractivity contribution in [2.24, 2.45) is 0 Å². The molecule has 2 nitrogen and oxygen atoms in total. The summed E-state index contributed by atoms with van der Waals surface area (Å²) in [5, 5.41) is 0. The van der Waals surface area contributed by atoms with E-state index >= 15 is 0 Å². The maximum atomic E-state index is 10.5. The molecule has 0 aliphatic carbocycles. The third-order valence-corrected chi connectivity index (χ3v) is 1.76. The summed E-state index contributed by atoms with van der Waals surface area (Å²) < 4.78 is 39.0. The summed E-state index contributed by atoms with van der Waals surface area (Å²) in [4.78, 5) is 13.6. The van der Waals surface area contributed by atoms with Gasteiger partial charge in [-0.25, -0.2) is 4.98 Å². The molecule has 0 aliphatic rings. The number of halogens is 4. The topological polar surface area (TPSA) is 31.2 Å². The zero-order valence-electron chi connectivity index (χ0n) is 9.15. The van der Waals surface area contributed by atoms with E-state index in [0.29, 0.717) is 0 Å². The van der Waals surface area contributed by atoms with Gasteiger partial charge >= 0.3 is 7.25 Å². The first kappa shape index (κ1) is 14.6. The Morgan fingerprint density at radius 2 is 1.62 bits per heavy atom. The first-order chi connectivity index (χ1) is 7.15. The predicted molar refractivity (Wildman–Crippen MR) is 52.8 cm³/mol. The Labute approximate surface area is 90.8 Å². The van der Waals surface area contributed by atoms with Gasteiger partial charge in [0, 0.05) is 19.9 Å². The van der Waals surface area contributed by atoms with Crippen LogP contribution in [0.3, 0.4) is 0 Å². The summed E-state index contributed by atoms with van der Waals surface area (Å²) in [6, 6.07) is 1.97. The summed E-state index contributed by atoms with van der Waals surface area (Å²) in [7, 11) is -6.00. The molecule has 7 heteroatoms. The first-order valence-corrected chi connectivity index (χ1v) is 4.47. The number of aromatic amines is 1. The molecule has 0 amide bonds. The third-order valence-electron chi connectivity index (χ3n) is 1.76. The SMILES string of the molecule is Cc1cc(C)c(C=O)c(C)[nH+]1.F[B-](F)(F)F. The Kier molecular flexibility index (Phi) is 5.13. The molecule has 0 aliphatic heterocycles. The maximum absolute atomic E-state index is 10.5. The molecular weight excluding hydrogens is 225 g/mol. The number of nitrogens with one attached hydrogen (secondary N) is 1. The first-order valence-electron chi connectivity index (χ1n) is 4.47. The number of carbonyl (C=O) groups excluding carboxylic acids is 1. The van der Waals surface area contributed by atoms with Gasteiger partial charge in [-0.15, -0.1) is 0 Å². The largest absolute Gasteiger partial charge is 0.673 e. The van der Waals surface area contributed by atoms with Crippen LogP contribution < -0.4 is 4.98 Å². The van der Waals surface area contributed by atoms with Gasteiger partial charge in [-0.2, -0.15) is 0 Å². The Bertz CT molecular complexity index is 349. The molecule has 0 saturated carbocycles. The van der Waals surface area contributed by atoms with Crippen molar-refractivity contribution in [3.63, 3.8) is 0 Å². The highest BCUT2D eigenvalue weighted by Gasteiger charge is 2.20. The van der Waals surface area contributed by atoms with Crippen LogP contribution in [0.15, 0.2) is 6.07 Å². The molecule has 0 bridgehead atoms. The fraction of sp³-hybridized carbons (Fsp3) is 0.333. The van der Waals surface area contributed by atoms with Gasteiger partial charge < -0.3 is 17.3 Å². The number of aldehydes is 1. The van der Waals surface area contributed by atoms with Gasteiger partial charge in [-0.05, 0) is 12.5 Å². The van der Waals surface area contributed by atoms with Gasteiger partial charge in [0.1, 0.15) is 0 Å². The number of pyridine rings is 1. The summed E-state index contributed by atoms with van der Waals surface area (Å²) in [6.07, 6.45) is 0.889. The minimum absolute atomic E-state index is 0.774. The van der Waals surface area contributed by atoms with Gasteiger partial charge in [-0.3, -0.25) is 4.79 Å². The van der Waals surface area contributed by atoms with Crippen LogP contribution in [-0.2, 0) is 0 Å². The zero-order chi connectivity index (χ0) is 12.9. The van der Waals surface area contributed by atoms with Crippen molar-refractivity contribution in [1.29, 1.82) is 0 Å². The molecule has 0 aromatic carbocycles. The lowest BCUT2D eigenvalue weighted by Crippen LogP contribution is -2.15. The van der Waals surface area contributed by atoms with Crippen molar-refractivity contribution in [3.8, 4) is 0 Å². The molecule has 1 rings (SSSR count). The molecule has 1 heterocycles. The van der Waals surface area contributed by atoms with E-state index in [2.05, 4.69) is 4.98 Å². The number of H-pyrrole nitrogens is 1. The van der Waals surface area contributed by atoms with Crippen LogP contribution in [0, 0.1) is 20.8 Å². The minimum Gasteiger partial charge on any atom is -0.418 e. The van der Waals surface area contributed by atoms with E-state index in [1.165, 1.54) is 0 Å². The lowest BCUT2D eigenvalue weighted by atomic mass is 10.1. The number of rotatable bonds is 1. The lowest BCUT2D eigenvalue weighted by Gasteiger charge is -1.96. The molecular formula is C9H12BF4NO. The van der Waals surface area contributed by atoms with E-state index in [0.717, 1.165) is 28.8 Å². The second-order valence-electron chi connectivity index (χ2n) is 3.29. The molecule has 16 heavy (non-hydrogen) atoms. The Balaban J connectivity index is 0.000000385. The Hall–Kier alpha value is -1.40. The molecule has 0 spiro atoms. The number of aromatic nitrogens is 1. The highest BCUT2D eigenvalue weighted by Crippen LogP contribution is 2.07. The Morgan fingerprint density at radius 3 is 1.94 bits per heavy atom. The third kappa shape index (κ3) is 6.16. The lowest BCUT2D eigenvalue weighted by molar-refractivity contribution is -0.397. The molecule has 1 N–H and O–H groups in total. The van der Waals surface area contributed by atoms with Crippen LogP contribution in [-0.4, -0.2) is 13.5 Å². The highest BCUT2D eigenvalue weighted by atomic mass is 19.5. The summed E-state index contributed by atoms with van der Waals surface area (Å²) >= 11 is 0. The van der Waals surface area contributed by atoms with Crippen molar-refractivity contribution in [1.82, 2.24) is 0 Å². The van der Waals surface area contributed by atoms with Crippen LogP contribution in [0.4, 0.5) is 17.3 Å². The number of hydrogen-bond acceptors (Lipinski definition) is 1. The molecule has 1 aromatic rings. The number of hydrogen-bond donors (Lipinski definition) is 0. The molecule has 0 fully saturated rings. The van der Waals surface area contributed by atoms with Gasteiger partial charge in [-0.1, -0.05) is 0 Å². The van der Waals surface area contributed by atoms with Gasteiger partial charge in [0.25, 0.3) is 0 Å². The molecule has 0 atom stereocenters. The minimum atomic E-state index is -6.00. The van der Waals surface area contributed by atoms with Crippen LogP contribution in [0.5, 0.6) is 0 Å². The van der Waals surface area contributed by atoms with E-state index in [4.69, 9.17) is 0 Å². The van der Waals surface area contributed by atoms with Gasteiger partial charge in [0.2, 0.25) is 0 Å². The van der Waals surface area contributed by atoms with Crippen molar-refractivity contribution in [2.45, 2.75) is 20.8 Å². The standard InChI is InChI=1S/C9H11NO.BF4/c1-6-4-7(2)10-8(3)9(6)5-11;2-1(3,4)5/h4-5H,1-3H3;/q;-1/p+1. The molecule has 0 unspecified atom stereocenters. The predicted octanol–water partition coefficient (Wildman–Crippen LogP) is 2.54. The van der Waals surface area contributed by atoms with E-state index in [1.54, 1.807) is 0 Å². The van der Waals surface area contributed by atoms with E-state index in [9.17, 15) is 22.1 Å². The van der Waals surface area contributed by atoms with E-state index in [-0.39, 0.29) is 0 Å². The smallest absolute Gasteiger partial charge is 0.418 e. The van der Waals surface area contributed by atoms with Gasteiger partial charge in [0.05, 0.1) is 5.56 Å². The quantitative estimate of drug-likeness (QED) is 0.419. The van der Waals surface area contributed by atoms with E-state index in [1.807, 2.05) is 26.8 Å². The summed E-state index contributed by atoms with van der Waals surface area (Å²) in [5.74, 6) is 0. The highest BCUT2D eigenvalue weighted by molar-refractivity contribution is 6.50. The summed E-state index contributed by atoms with van der Waals surface area (Å²) in [5.41, 5.74) is 3.84. The average Bonchev–Trinajstić information content (AvgIpc) is 1.99. The monoisotopic (exact) mass is 237 g/mol. The molecule has 90 valence electrons. The molecule has 0 radical (unpaired) electrons. The van der Waals surface area contributed by atoms with Gasteiger partial charge in [0.15, 0.2) is 17.7 Å². The second kappa shape index (κ2) is 5.62. The fourth-order valence-electron chi connectivity index (χ4n) is 1.28. The second-order valence-corrected chi connectivity index (χ2v) is 3.29.